The molecule has 0 saturated heterocycles. The number of hydrogen-bond acceptors (Lipinski definition) is 1. The zero-order valence-corrected chi connectivity index (χ0v) is 15.0. The van der Waals surface area contributed by atoms with E-state index in [-0.39, 0.29) is 0 Å². The average molecular weight is 343 g/mol. The number of benzene rings is 5. The summed E-state index contributed by atoms with van der Waals surface area (Å²) >= 11 is 0. The Morgan fingerprint density at radius 1 is 0.519 bits per heavy atom. The lowest BCUT2D eigenvalue weighted by Crippen LogP contribution is -1.89. The highest BCUT2D eigenvalue weighted by atomic mass is 14.7. The summed E-state index contributed by atoms with van der Waals surface area (Å²) in [5.41, 5.74) is 1.09. The van der Waals surface area contributed by atoms with E-state index in [4.69, 9.17) is 0 Å². The Morgan fingerprint density at radius 2 is 0.963 bits per heavy atom. The summed E-state index contributed by atoms with van der Waals surface area (Å²) in [4.78, 5) is 4.61. The van der Waals surface area contributed by atoms with Crippen molar-refractivity contribution in [1.29, 1.82) is 0 Å². The summed E-state index contributed by atoms with van der Waals surface area (Å²) in [5.74, 6) is 0. The summed E-state index contributed by atoms with van der Waals surface area (Å²) in [5, 5.41) is 12.9. The molecule has 126 valence electrons. The van der Waals surface area contributed by atoms with E-state index in [9.17, 15) is 0 Å². The maximum atomic E-state index is 4.61. The van der Waals surface area contributed by atoms with Gasteiger partial charge in [-0.05, 0) is 85.7 Å². The molecule has 0 unspecified atom stereocenters. The molecule has 0 aliphatic carbocycles. The van der Waals surface area contributed by atoms with Gasteiger partial charge in [-0.1, -0.05) is 48.5 Å². The Bertz CT molecular complexity index is 1530. The van der Waals surface area contributed by atoms with Crippen LogP contribution in [-0.4, -0.2) is 4.98 Å². The number of aromatic nitrogens is 1. The van der Waals surface area contributed by atoms with Crippen LogP contribution in [0.15, 0.2) is 85.1 Å². The summed E-state index contributed by atoms with van der Waals surface area (Å²) in [7, 11) is 0. The molecule has 0 spiro atoms. The monoisotopic (exact) mass is 343 g/mol. The third-order valence-electron chi connectivity index (χ3n) is 5.76. The second kappa shape index (κ2) is 5.28. The highest BCUT2D eigenvalue weighted by Crippen LogP contribution is 2.39. The van der Waals surface area contributed by atoms with Crippen molar-refractivity contribution >= 4 is 53.9 Å². The molecule has 6 aromatic rings. The second-order valence-corrected chi connectivity index (χ2v) is 7.31. The third-order valence-corrected chi connectivity index (χ3v) is 5.76. The molecule has 1 heterocycles. The van der Waals surface area contributed by atoms with Gasteiger partial charge in [0, 0.05) is 17.3 Å². The van der Waals surface area contributed by atoms with Crippen LogP contribution in [0.25, 0.3) is 53.9 Å². The van der Waals surface area contributed by atoms with Gasteiger partial charge in [0.25, 0.3) is 0 Å². The van der Waals surface area contributed by atoms with E-state index in [0.717, 1.165) is 5.69 Å². The molecule has 0 saturated carbocycles. The molecule has 0 aliphatic heterocycles. The first-order chi connectivity index (χ1) is 13.3. The summed E-state index contributed by atoms with van der Waals surface area (Å²) in [6.45, 7) is 2.11. The average Bonchev–Trinajstić information content (AvgIpc) is 2.71. The molecule has 5 aromatic carbocycles. The number of nitrogens with zero attached hydrogens (tertiary/aromatic N) is 1. The van der Waals surface area contributed by atoms with Gasteiger partial charge in [0.1, 0.15) is 0 Å². The van der Waals surface area contributed by atoms with Gasteiger partial charge >= 0.3 is 0 Å². The Balaban J connectivity index is 1.99. The standard InChI is InChI=1S/C26H17N/c1-16-26-21(10-11-27-16)22-12-17-6-2-3-7-18(17)13-23(22)24-14-19-8-4-5-9-20(19)15-25(24)26/h2-15H,1H3. The molecule has 0 amide bonds. The lowest BCUT2D eigenvalue weighted by Gasteiger charge is -2.14. The number of fused-ring (bicyclic) bond motifs is 8. The molecular weight excluding hydrogens is 326 g/mol. The summed E-state index contributed by atoms with van der Waals surface area (Å²) in [6, 6.07) is 28.7. The first-order valence-electron chi connectivity index (χ1n) is 9.32. The van der Waals surface area contributed by atoms with Crippen LogP contribution < -0.4 is 0 Å². The Hall–Kier alpha value is -3.45. The van der Waals surface area contributed by atoms with Crippen molar-refractivity contribution in [3.63, 3.8) is 0 Å². The molecule has 6 rings (SSSR count). The lowest BCUT2D eigenvalue weighted by atomic mass is 9.90. The van der Waals surface area contributed by atoms with Gasteiger partial charge in [0.05, 0.1) is 0 Å². The van der Waals surface area contributed by atoms with Crippen molar-refractivity contribution in [2.24, 2.45) is 0 Å². The summed E-state index contributed by atoms with van der Waals surface area (Å²) in [6.07, 6.45) is 1.93. The van der Waals surface area contributed by atoms with Crippen LogP contribution in [0.5, 0.6) is 0 Å². The van der Waals surface area contributed by atoms with Crippen molar-refractivity contribution < 1.29 is 0 Å². The molecule has 1 heteroatoms. The zero-order valence-electron chi connectivity index (χ0n) is 15.0. The fourth-order valence-electron chi connectivity index (χ4n) is 4.49. The highest BCUT2D eigenvalue weighted by molar-refractivity contribution is 6.29. The number of aryl methyl sites for hydroxylation is 1. The minimum absolute atomic E-state index is 1.09. The molecule has 0 bridgehead atoms. The van der Waals surface area contributed by atoms with E-state index in [1.54, 1.807) is 0 Å². The van der Waals surface area contributed by atoms with Crippen LogP contribution in [0.1, 0.15) is 5.69 Å². The molecule has 1 nitrogen and oxygen atoms in total. The fraction of sp³-hybridized carbons (Fsp3) is 0.0385. The number of rotatable bonds is 0. The van der Waals surface area contributed by atoms with Gasteiger partial charge in [-0.25, -0.2) is 0 Å². The van der Waals surface area contributed by atoms with Crippen LogP contribution in [0, 0.1) is 6.92 Å². The van der Waals surface area contributed by atoms with Gasteiger partial charge in [-0.2, -0.15) is 0 Å². The highest BCUT2D eigenvalue weighted by Gasteiger charge is 2.12. The first-order valence-corrected chi connectivity index (χ1v) is 9.32. The molecular formula is C26H17N. The van der Waals surface area contributed by atoms with Crippen molar-refractivity contribution in [2.45, 2.75) is 6.92 Å². The molecule has 0 fully saturated rings. The number of hydrogen-bond donors (Lipinski definition) is 0. The largest absolute Gasteiger partial charge is 0.261 e. The van der Waals surface area contributed by atoms with Gasteiger partial charge in [0.2, 0.25) is 0 Å². The fourth-order valence-corrected chi connectivity index (χ4v) is 4.49. The quantitative estimate of drug-likeness (QED) is 0.211. The first kappa shape index (κ1) is 14.7. The van der Waals surface area contributed by atoms with Crippen molar-refractivity contribution in [2.75, 3.05) is 0 Å². The predicted octanol–water partition coefficient (Wildman–Crippen LogP) is 7.16. The molecule has 0 radical (unpaired) electrons. The smallest absolute Gasteiger partial charge is 0.0457 e. The second-order valence-electron chi connectivity index (χ2n) is 7.31. The maximum Gasteiger partial charge on any atom is 0.0457 e. The Kier molecular flexibility index (Phi) is 2.87. The van der Waals surface area contributed by atoms with Crippen molar-refractivity contribution in [1.82, 2.24) is 4.98 Å². The predicted molar refractivity (Wildman–Crippen MR) is 117 cm³/mol. The number of pyridine rings is 1. The van der Waals surface area contributed by atoms with E-state index in [1.807, 2.05) is 6.20 Å². The van der Waals surface area contributed by atoms with E-state index < -0.39 is 0 Å². The van der Waals surface area contributed by atoms with Crippen LogP contribution in [0.3, 0.4) is 0 Å². The molecule has 0 N–H and O–H groups in total. The van der Waals surface area contributed by atoms with Gasteiger partial charge in [-0.15, -0.1) is 0 Å². The lowest BCUT2D eigenvalue weighted by molar-refractivity contribution is 1.24. The van der Waals surface area contributed by atoms with Gasteiger partial charge in [0.15, 0.2) is 0 Å². The molecule has 0 aliphatic rings. The SMILES string of the molecule is Cc1nccc2c3cc4ccccc4cc3c3cc4ccccc4cc3c12. The molecule has 27 heavy (non-hydrogen) atoms. The molecule has 1 aromatic heterocycles. The third kappa shape index (κ3) is 2.03. The van der Waals surface area contributed by atoms with Gasteiger partial charge < -0.3 is 0 Å². The van der Waals surface area contributed by atoms with E-state index >= 15 is 0 Å². The minimum Gasteiger partial charge on any atom is -0.261 e. The van der Waals surface area contributed by atoms with Crippen LogP contribution in [-0.2, 0) is 0 Å². The Morgan fingerprint density at radius 3 is 1.52 bits per heavy atom. The van der Waals surface area contributed by atoms with E-state index in [1.165, 1.54) is 53.9 Å². The zero-order chi connectivity index (χ0) is 18.0. The summed E-state index contributed by atoms with van der Waals surface area (Å²) < 4.78 is 0. The molecule has 0 atom stereocenters. The van der Waals surface area contributed by atoms with Crippen LogP contribution in [0.2, 0.25) is 0 Å². The van der Waals surface area contributed by atoms with E-state index in [2.05, 4.69) is 90.8 Å². The topological polar surface area (TPSA) is 12.9 Å². The van der Waals surface area contributed by atoms with Crippen molar-refractivity contribution in [3.05, 3.63) is 90.8 Å². The Labute approximate surface area is 156 Å². The van der Waals surface area contributed by atoms with Gasteiger partial charge in [-0.3, -0.25) is 4.98 Å². The maximum absolute atomic E-state index is 4.61. The minimum atomic E-state index is 1.09. The van der Waals surface area contributed by atoms with E-state index in [0.29, 0.717) is 0 Å². The van der Waals surface area contributed by atoms with Crippen LogP contribution >= 0.6 is 0 Å². The van der Waals surface area contributed by atoms with Crippen molar-refractivity contribution in [3.8, 4) is 0 Å². The van der Waals surface area contributed by atoms with Crippen LogP contribution in [0.4, 0.5) is 0 Å². The normalized spacial score (nSPS) is 11.9.